The molecule has 2 heterocycles. The van der Waals surface area contributed by atoms with Gasteiger partial charge in [0.2, 0.25) is 5.91 Å². The van der Waals surface area contributed by atoms with E-state index in [1.807, 2.05) is 18.5 Å². The molecule has 3 N–H and O–H groups in total. The van der Waals surface area contributed by atoms with E-state index >= 15 is 0 Å². The zero-order valence-corrected chi connectivity index (χ0v) is 15.7. The van der Waals surface area contributed by atoms with Crippen LogP contribution in [0.15, 0.2) is 4.99 Å². The maximum atomic E-state index is 11.2. The quantitative estimate of drug-likeness (QED) is 0.434. The van der Waals surface area contributed by atoms with Crippen molar-refractivity contribution in [2.24, 2.45) is 23.7 Å². The Morgan fingerprint density at radius 3 is 2.88 bits per heavy atom. The van der Waals surface area contributed by atoms with E-state index in [1.165, 1.54) is 0 Å². The molecule has 1 fully saturated rings. The van der Waals surface area contributed by atoms with Crippen molar-refractivity contribution in [3.8, 4) is 0 Å². The van der Waals surface area contributed by atoms with Gasteiger partial charge in [0.05, 0.1) is 0 Å². The number of piperidine rings is 1. The number of rotatable bonds is 7. The number of aryl methyl sites for hydroxylation is 1. The van der Waals surface area contributed by atoms with E-state index in [0.29, 0.717) is 18.9 Å². The first-order valence-corrected chi connectivity index (χ1v) is 9.17. The lowest BCUT2D eigenvalue weighted by molar-refractivity contribution is -0.119. The Balaban J connectivity index is 2.06. The third-order valence-electron chi connectivity index (χ3n) is 4.67. The van der Waals surface area contributed by atoms with Gasteiger partial charge in [-0.25, -0.2) is 4.99 Å². The minimum Gasteiger partial charge on any atom is -0.370 e. The summed E-state index contributed by atoms with van der Waals surface area (Å²) in [6.07, 6.45) is 4.77. The summed E-state index contributed by atoms with van der Waals surface area (Å²) in [4.78, 5) is 18.3. The van der Waals surface area contributed by atoms with Crippen molar-refractivity contribution in [3.63, 3.8) is 0 Å². The zero-order valence-electron chi connectivity index (χ0n) is 15.7. The van der Waals surface area contributed by atoms with Crippen molar-refractivity contribution in [1.82, 2.24) is 25.0 Å². The second-order valence-electron chi connectivity index (χ2n) is 6.77. The number of aromatic nitrogens is 3. The van der Waals surface area contributed by atoms with Crippen LogP contribution in [-0.2, 0) is 18.4 Å². The molecule has 1 aromatic heterocycles. The van der Waals surface area contributed by atoms with E-state index in [1.54, 1.807) is 0 Å². The monoisotopic (exact) mass is 349 g/mol. The number of carbonyl (C=O) groups is 1. The lowest BCUT2D eigenvalue weighted by Gasteiger charge is -2.34. The molecule has 1 aliphatic heterocycles. The van der Waals surface area contributed by atoms with Crippen LogP contribution in [0, 0.1) is 12.8 Å². The number of primary amides is 1. The molecular weight excluding hydrogens is 318 g/mol. The average Bonchev–Trinajstić information content (AvgIpc) is 2.89. The molecule has 1 unspecified atom stereocenters. The highest BCUT2D eigenvalue weighted by molar-refractivity contribution is 5.80. The highest BCUT2D eigenvalue weighted by atomic mass is 16.1. The van der Waals surface area contributed by atoms with Crippen LogP contribution < -0.4 is 11.1 Å². The predicted molar refractivity (Wildman–Crippen MR) is 97.9 cm³/mol. The number of hydrogen-bond acceptors (Lipinski definition) is 4. The molecule has 0 radical (unpaired) electrons. The van der Waals surface area contributed by atoms with Crippen molar-refractivity contribution < 1.29 is 4.79 Å². The van der Waals surface area contributed by atoms with E-state index in [9.17, 15) is 4.79 Å². The van der Waals surface area contributed by atoms with Gasteiger partial charge >= 0.3 is 0 Å². The minimum absolute atomic E-state index is 0.223. The number of likely N-dealkylation sites (tertiary alicyclic amines) is 1. The minimum atomic E-state index is -0.223. The molecule has 140 valence electrons. The molecule has 0 saturated carbocycles. The fourth-order valence-corrected chi connectivity index (χ4v) is 3.09. The van der Waals surface area contributed by atoms with Gasteiger partial charge in [0.15, 0.2) is 11.8 Å². The number of nitrogens with one attached hydrogen (secondary N) is 1. The van der Waals surface area contributed by atoms with Crippen LogP contribution in [0.2, 0.25) is 0 Å². The molecule has 1 atom stereocenters. The van der Waals surface area contributed by atoms with Crippen LogP contribution in [0.25, 0.3) is 0 Å². The second-order valence-corrected chi connectivity index (χ2v) is 6.77. The van der Waals surface area contributed by atoms with Gasteiger partial charge in [-0.3, -0.25) is 4.79 Å². The number of hydrogen-bond donors (Lipinski definition) is 2. The summed E-state index contributed by atoms with van der Waals surface area (Å²) < 4.78 is 1.96. The van der Waals surface area contributed by atoms with Crippen molar-refractivity contribution in [2.45, 2.75) is 52.5 Å². The molecule has 0 bridgehead atoms. The smallest absolute Gasteiger partial charge is 0.217 e. The van der Waals surface area contributed by atoms with E-state index in [-0.39, 0.29) is 5.91 Å². The first-order valence-electron chi connectivity index (χ1n) is 9.17. The summed E-state index contributed by atoms with van der Waals surface area (Å²) >= 11 is 0. The normalized spacial score (nSPS) is 18.4. The fourth-order valence-electron chi connectivity index (χ4n) is 3.09. The Morgan fingerprint density at radius 1 is 1.44 bits per heavy atom. The lowest BCUT2D eigenvalue weighted by Crippen LogP contribution is -2.47. The molecule has 0 aromatic carbocycles. The maximum absolute atomic E-state index is 11.2. The topological polar surface area (TPSA) is 101 Å². The summed E-state index contributed by atoms with van der Waals surface area (Å²) in [6.45, 7) is 7.25. The zero-order chi connectivity index (χ0) is 18.2. The lowest BCUT2D eigenvalue weighted by atomic mass is 9.95. The van der Waals surface area contributed by atoms with Gasteiger partial charge < -0.3 is 20.5 Å². The molecule has 1 aromatic rings. The highest BCUT2D eigenvalue weighted by Crippen LogP contribution is 2.19. The molecule has 1 aliphatic rings. The third-order valence-corrected chi connectivity index (χ3v) is 4.67. The highest BCUT2D eigenvalue weighted by Gasteiger charge is 2.23. The Bertz CT molecular complexity index is 596. The average molecular weight is 349 g/mol. The van der Waals surface area contributed by atoms with Gasteiger partial charge in [0, 0.05) is 33.1 Å². The van der Waals surface area contributed by atoms with Gasteiger partial charge in [-0.15, -0.1) is 10.2 Å². The molecule has 2 rings (SSSR count). The Hall–Kier alpha value is -2.12. The van der Waals surface area contributed by atoms with Gasteiger partial charge in [-0.2, -0.15) is 0 Å². The predicted octanol–water partition coefficient (Wildman–Crippen LogP) is 0.957. The Morgan fingerprint density at radius 2 is 2.24 bits per heavy atom. The Kier molecular flexibility index (Phi) is 7.21. The van der Waals surface area contributed by atoms with Crippen molar-refractivity contribution in [3.05, 3.63) is 11.6 Å². The number of guanidine groups is 1. The summed E-state index contributed by atoms with van der Waals surface area (Å²) in [7, 11) is 1.95. The number of nitrogens with two attached hydrogens (primary N) is 1. The molecule has 1 saturated heterocycles. The first-order chi connectivity index (χ1) is 12.0. The largest absolute Gasteiger partial charge is 0.370 e. The summed E-state index contributed by atoms with van der Waals surface area (Å²) in [5.41, 5.74) is 5.38. The van der Waals surface area contributed by atoms with Gasteiger partial charge in [0.1, 0.15) is 12.4 Å². The number of carbonyl (C=O) groups excluding carboxylic acids is 1. The summed E-state index contributed by atoms with van der Waals surface area (Å²) in [5, 5.41) is 11.7. The van der Waals surface area contributed by atoms with E-state index < -0.39 is 0 Å². The molecule has 25 heavy (non-hydrogen) atoms. The van der Waals surface area contributed by atoms with Crippen LogP contribution in [-0.4, -0.2) is 51.2 Å². The van der Waals surface area contributed by atoms with Crippen molar-refractivity contribution in [2.75, 3.05) is 19.6 Å². The molecule has 0 aliphatic carbocycles. The maximum Gasteiger partial charge on any atom is 0.217 e. The second kappa shape index (κ2) is 9.39. The molecule has 8 nitrogen and oxygen atoms in total. The third kappa shape index (κ3) is 5.72. The van der Waals surface area contributed by atoms with Crippen LogP contribution in [0.1, 0.15) is 50.7 Å². The van der Waals surface area contributed by atoms with Crippen LogP contribution in [0.3, 0.4) is 0 Å². The van der Waals surface area contributed by atoms with Crippen LogP contribution in [0.5, 0.6) is 0 Å². The number of amides is 1. The number of aliphatic imine (C=N–C) groups is 1. The van der Waals surface area contributed by atoms with Gasteiger partial charge in [0.25, 0.3) is 0 Å². The first kappa shape index (κ1) is 19.2. The standard InChI is InChI=1S/C17H31N7O/c1-4-5-8-19-17(20-11-16-22-21-13(2)23(16)3)24-9-6-7-14(12-24)10-15(18)25/h14H,4-12H2,1-3H3,(H2,18,25)(H,19,20). The molecule has 8 heteroatoms. The SMILES string of the molecule is CCCCNC(=NCc1nnc(C)n1C)N1CCCC(CC(N)=O)C1. The van der Waals surface area contributed by atoms with E-state index in [2.05, 4.69) is 27.3 Å². The van der Waals surface area contributed by atoms with Crippen molar-refractivity contribution in [1.29, 1.82) is 0 Å². The molecule has 1 amide bonds. The number of nitrogens with zero attached hydrogens (tertiary/aromatic N) is 5. The number of unbranched alkanes of at least 4 members (excludes halogenated alkanes) is 1. The summed E-state index contributed by atoms with van der Waals surface area (Å²) in [5.74, 6) is 2.70. The molecular formula is C17H31N7O. The van der Waals surface area contributed by atoms with Gasteiger partial charge in [-0.05, 0) is 32.1 Å². The van der Waals surface area contributed by atoms with E-state index in [4.69, 9.17) is 10.7 Å². The van der Waals surface area contributed by atoms with Crippen LogP contribution in [0.4, 0.5) is 0 Å². The fraction of sp³-hybridized carbons (Fsp3) is 0.765. The molecule has 0 spiro atoms. The van der Waals surface area contributed by atoms with Crippen LogP contribution >= 0.6 is 0 Å². The Labute approximate surface area is 149 Å². The van der Waals surface area contributed by atoms with E-state index in [0.717, 1.165) is 62.9 Å². The van der Waals surface area contributed by atoms with Gasteiger partial charge in [-0.1, -0.05) is 13.3 Å². The van der Waals surface area contributed by atoms with Crippen molar-refractivity contribution >= 4 is 11.9 Å². The summed E-state index contributed by atoms with van der Waals surface area (Å²) in [6, 6.07) is 0.